The molecule has 0 saturated heterocycles. The Bertz CT molecular complexity index is 652. The minimum Gasteiger partial charge on any atom is -0.394 e. The average Bonchev–Trinajstić information content (AvgIpc) is 2.79. The third-order valence-corrected chi connectivity index (χ3v) is 4.01. The maximum absolute atomic E-state index is 12.0. The maximum Gasteiger partial charge on any atom is 0.315 e. The Morgan fingerprint density at radius 3 is 2.57 bits per heavy atom. The Hall–Kier alpha value is -2.34. The third kappa shape index (κ3) is 4.32. The van der Waals surface area contributed by atoms with Crippen molar-refractivity contribution in [2.45, 2.75) is 26.3 Å². The van der Waals surface area contributed by atoms with Gasteiger partial charge >= 0.3 is 6.03 Å². The van der Waals surface area contributed by atoms with E-state index in [4.69, 9.17) is 0 Å². The minimum absolute atomic E-state index is 0.141. The van der Waals surface area contributed by atoms with E-state index in [-0.39, 0.29) is 12.6 Å². The molecule has 2 amide bonds. The number of carbonyl (C=O) groups excluding carboxylic acids is 1. The highest BCUT2D eigenvalue weighted by atomic mass is 16.3. The second kappa shape index (κ2) is 7.78. The lowest BCUT2D eigenvalue weighted by atomic mass is 10.1. The fourth-order valence-electron chi connectivity index (χ4n) is 2.61. The van der Waals surface area contributed by atoms with Gasteiger partial charge in [0, 0.05) is 19.3 Å². The van der Waals surface area contributed by atoms with E-state index in [1.807, 2.05) is 55.9 Å². The van der Waals surface area contributed by atoms with Crippen LogP contribution in [0.15, 0.2) is 30.3 Å². The van der Waals surface area contributed by atoms with Gasteiger partial charge in [0.05, 0.1) is 18.3 Å². The van der Waals surface area contributed by atoms with Gasteiger partial charge in [0.1, 0.15) is 0 Å². The first kappa shape index (κ1) is 17.0. The molecule has 0 bridgehead atoms. The summed E-state index contributed by atoms with van der Waals surface area (Å²) in [5.74, 6) is 0. The molecule has 1 atom stereocenters. The van der Waals surface area contributed by atoms with E-state index >= 15 is 0 Å². The number of aromatic nitrogens is 2. The van der Waals surface area contributed by atoms with Gasteiger partial charge in [0.2, 0.25) is 0 Å². The zero-order chi connectivity index (χ0) is 16.8. The van der Waals surface area contributed by atoms with Gasteiger partial charge in [-0.25, -0.2) is 4.79 Å². The molecule has 0 aliphatic heterocycles. The summed E-state index contributed by atoms with van der Waals surface area (Å²) in [6.45, 7) is 4.37. The monoisotopic (exact) mass is 316 g/mol. The van der Waals surface area contributed by atoms with Gasteiger partial charge in [-0.05, 0) is 31.4 Å². The van der Waals surface area contributed by atoms with Gasteiger partial charge in [-0.2, -0.15) is 5.10 Å². The summed E-state index contributed by atoms with van der Waals surface area (Å²) in [5.41, 5.74) is 4.14. The smallest absolute Gasteiger partial charge is 0.315 e. The highest BCUT2D eigenvalue weighted by Crippen LogP contribution is 2.12. The van der Waals surface area contributed by atoms with E-state index < -0.39 is 6.04 Å². The van der Waals surface area contributed by atoms with Crippen molar-refractivity contribution in [2.75, 3.05) is 13.2 Å². The molecule has 1 aromatic heterocycles. The third-order valence-electron chi connectivity index (χ3n) is 4.01. The number of aryl methyl sites for hydroxylation is 2. The highest BCUT2D eigenvalue weighted by Gasteiger charge is 2.14. The molecule has 1 heterocycles. The summed E-state index contributed by atoms with van der Waals surface area (Å²) in [6, 6.07) is 8.73. The predicted octanol–water partition coefficient (Wildman–Crippen LogP) is 1.61. The van der Waals surface area contributed by atoms with Crippen molar-refractivity contribution in [3.05, 3.63) is 52.8 Å². The summed E-state index contributed by atoms with van der Waals surface area (Å²) >= 11 is 0. The number of nitrogens with zero attached hydrogens (tertiary/aromatic N) is 2. The Morgan fingerprint density at radius 2 is 2.00 bits per heavy atom. The van der Waals surface area contributed by atoms with Crippen LogP contribution >= 0.6 is 0 Å². The van der Waals surface area contributed by atoms with Crippen LogP contribution in [0, 0.1) is 13.8 Å². The lowest BCUT2D eigenvalue weighted by Crippen LogP contribution is -2.40. The van der Waals surface area contributed by atoms with Crippen LogP contribution < -0.4 is 10.6 Å². The first-order valence-electron chi connectivity index (χ1n) is 7.72. The van der Waals surface area contributed by atoms with E-state index in [0.29, 0.717) is 6.54 Å². The number of hydrogen-bond acceptors (Lipinski definition) is 3. The summed E-state index contributed by atoms with van der Waals surface area (Å²) in [5, 5.41) is 19.4. The number of aliphatic hydroxyl groups excluding tert-OH is 1. The molecule has 0 spiro atoms. The Labute approximate surface area is 136 Å². The van der Waals surface area contributed by atoms with Gasteiger partial charge in [-0.15, -0.1) is 0 Å². The molecule has 0 fully saturated rings. The number of hydrogen-bond donors (Lipinski definition) is 3. The Morgan fingerprint density at radius 1 is 1.30 bits per heavy atom. The SMILES string of the molecule is Cc1nn(C)c(C)c1CCNC(=O)NC(CO)c1ccccc1. The first-order valence-corrected chi connectivity index (χ1v) is 7.72. The van der Waals surface area contributed by atoms with Gasteiger partial charge in [-0.1, -0.05) is 30.3 Å². The number of carbonyl (C=O) groups is 1. The number of rotatable bonds is 6. The molecule has 2 rings (SSSR count). The molecular formula is C17H24N4O2. The second-order valence-corrected chi connectivity index (χ2v) is 5.57. The molecule has 3 N–H and O–H groups in total. The van der Waals surface area contributed by atoms with Crippen molar-refractivity contribution in [3.63, 3.8) is 0 Å². The molecule has 6 nitrogen and oxygen atoms in total. The van der Waals surface area contributed by atoms with E-state index in [1.54, 1.807) is 0 Å². The van der Waals surface area contributed by atoms with Gasteiger partial charge in [0.25, 0.3) is 0 Å². The van der Waals surface area contributed by atoms with Gasteiger partial charge in [-0.3, -0.25) is 4.68 Å². The Balaban J connectivity index is 1.85. The predicted molar refractivity (Wildman–Crippen MR) is 89.2 cm³/mol. The minimum atomic E-state index is -0.405. The van der Waals surface area contributed by atoms with E-state index in [9.17, 15) is 9.90 Å². The quantitative estimate of drug-likeness (QED) is 0.757. The average molecular weight is 316 g/mol. The molecule has 1 unspecified atom stereocenters. The normalized spacial score (nSPS) is 12.0. The first-order chi connectivity index (χ1) is 11.0. The number of amides is 2. The van der Waals surface area contributed by atoms with Crippen LogP contribution in [-0.2, 0) is 13.5 Å². The van der Waals surface area contributed by atoms with Crippen molar-refractivity contribution >= 4 is 6.03 Å². The molecule has 0 saturated carbocycles. The van der Waals surface area contributed by atoms with Crippen LogP contribution in [0.1, 0.15) is 28.6 Å². The topological polar surface area (TPSA) is 79.2 Å². The van der Waals surface area contributed by atoms with Crippen LogP contribution in [0.2, 0.25) is 0 Å². The number of aliphatic hydroxyl groups is 1. The number of nitrogens with one attached hydrogen (secondary N) is 2. The van der Waals surface area contributed by atoms with E-state index in [2.05, 4.69) is 15.7 Å². The molecule has 0 aliphatic rings. The maximum atomic E-state index is 12.0. The molecule has 0 aliphatic carbocycles. The number of benzene rings is 1. The molecule has 6 heteroatoms. The van der Waals surface area contributed by atoms with Crippen LogP contribution in [0.4, 0.5) is 4.79 Å². The summed E-state index contributed by atoms with van der Waals surface area (Å²) < 4.78 is 1.85. The Kier molecular flexibility index (Phi) is 5.76. The molecule has 1 aromatic carbocycles. The largest absolute Gasteiger partial charge is 0.394 e. The van der Waals surface area contributed by atoms with Crippen LogP contribution in [0.25, 0.3) is 0 Å². The van der Waals surface area contributed by atoms with E-state index in [1.165, 1.54) is 0 Å². The molecule has 124 valence electrons. The van der Waals surface area contributed by atoms with Crippen LogP contribution in [-0.4, -0.2) is 34.1 Å². The summed E-state index contributed by atoms with van der Waals surface area (Å²) in [6.07, 6.45) is 0.730. The van der Waals surface area contributed by atoms with Crippen molar-refractivity contribution in [1.82, 2.24) is 20.4 Å². The van der Waals surface area contributed by atoms with Crippen LogP contribution in [0.3, 0.4) is 0 Å². The molecule has 23 heavy (non-hydrogen) atoms. The fourth-order valence-corrected chi connectivity index (χ4v) is 2.61. The van der Waals surface area contributed by atoms with Crippen molar-refractivity contribution in [3.8, 4) is 0 Å². The lowest BCUT2D eigenvalue weighted by Gasteiger charge is -2.17. The van der Waals surface area contributed by atoms with E-state index in [0.717, 1.165) is 28.9 Å². The second-order valence-electron chi connectivity index (χ2n) is 5.57. The van der Waals surface area contributed by atoms with Crippen molar-refractivity contribution in [1.29, 1.82) is 0 Å². The van der Waals surface area contributed by atoms with Crippen molar-refractivity contribution < 1.29 is 9.90 Å². The standard InChI is InChI=1S/C17H24N4O2/c1-12-15(13(2)21(3)20-12)9-10-18-17(23)19-16(11-22)14-7-5-4-6-8-14/h4-8,16,22H,9-11H2,1-3H3,(H2,18,19,23). The summed E-state index contributed by atoms with van der Waals surface area (Å²) in [7, 11) is 1.91. The molecular weight excluding hydrogens is 292 g/mol. The summed E-state index contributed by atoms with van der Waals surface area (Å²) in [4.78, 5) is 12.0. The van der Waals surface area contributed by atoms with Crippen molar-refractivity contribution in [2.24, 2.45) is 7.05 Å². The van der Waals surface area contributed by atoms with Crippen LogP contribution in [0.5, 0.6) is 0 Å². The lowest BCUT2D eigenvalue weighted by molar-refractivity contribution is 0.217. The number of urea groups is 1. The van der Waals surface area contributed by atoms with Gasteiger partial charge < -0.3 is 15.7 Å². The zero-order valence-corrected chi connectivity index (χ0v) is 13.8. The van der Waals surface area contributed by atoms with Gasteiger partial charge in [0.15, 0.2) is 0 Å². The fraction of sp³-hybridized carbons (Fsp3) is 0.412. The highest BCUT2D eigenvalue weighted by molar-refractivity contribution is 5.74. The molecule has 0 radical (unpaired) electrons. The molecule has 2 aromatic rings. The zero-order valence-electron chi connectivity index (χ0n) is 13.8.